The van der Waals surface area contributed by atoms with Crippen molar-refractivity contribution in [3.8, 4) is 0 Å². The molecule has 3 heteroatoms. The number of carbonyl (C=O) groups is 1. The first-order valence-corrected chi connectivity index (χ1v) is 6.59. The average molecular weight is 224 g/mol. The predicted octanol–water partition coefficient (Wildman–Crippen LogP) is 1.62. The van der Waals surface area contributed by atoms with E-state index in [2.05, 4.69) is 13.8 Å². The number of amides is 1. The minimum absolute atomic E-state index is 0.111. The summed E-state index contributed by atoms with van der Waals surface area (Å²) in [6.45, 7) is 6.33. The molecular weight excluding hydrogens is 200 g/mol. The summed E-state index contributed by atoms with van der Waals surface area (Å²) in [6.07, 6.45) is 4.26. The molecule has 0 aromatic carbocycles. The summed E-state index contributed by atoms with van der Waals surface area (Å²) < 4.78 is 0. The van der Waals surface area contributed by atoms with Crippen LogP contribution in [0.15, 0.2) is 0 Å². The van der Waals surface area contributed by atoms with Crippen LogP contribution in [0, 0.1) is 17.8 Å². The molecule has 92 valence electrons. The second kappa shape index (κ2) is 4.74. The fourth-order valence-electron chi connectivity index (χ4n) is 2.89. The molecule has 0 aromatic heterocycles. The van der Waals surface area contributed by atoms with Gasteiger partial charge in [-0.2, -0.15) is 0 Å². The van der Waals surface area contributed by atoms with Gasteiger partial charge in [0, 0.05) is 25.6 Å². The van der Waals surface area contributed by atoms with Crippen LogP contribution in [0.4, 0.5) is 0 Å². The third-order valence-corrected chi connectivity index (χ3v) is 3.86. The second-order valence-corrected chi connectivity index (χ2v) is 5.95. The van der Waals surface area contributed by atoms with Crippen LogP contribution in [0.3, 0.4) is 0 Å². The van der Waals surface area contributed by atoms with E-state index in [1.807, 2.05) is 4.90 Å². The Kier molecular flexibility index (Phi) is 3.53. The maximum absolute atomic E-state index is 12.1. The van der Waals surface area contributed by atoms with Crippen LogP contribution in [0.1, 0.15) is 39.5 Å². The molecule has 1 aliphatic heterocycles. The van der Waals surface area contributed by atoms with E-state index < -0.39 is 0 Å². The number of hydrogen-bond donors (Lipinski definition) is 1. The number of rotatable bonds is 3. The van der Waals surface area contributed by atoms with Gasteiger partial charge in [-0.3, -0.25) is 4.79 Å². The van der Waals surface area contributed by atoms with Crippen molar-refractivity contribution in [2.45, 2.75) is 45.6 Å². The molecule has 2 aliphatic rings. The zero-order chi connectivity index (χ0) is 11.7. The van der Waals surface area contributed by atoms with Crippen LogP contribution in [0.2, 0.25) is 0 Å². The third-order valence-electron chi connectivity index (χ3n) is 3.86. The molecule has 1 heterocycles. The summed E-state index contributed by atoms with van der Waals surface area (Å²) in [7, 11) is 0. The molecule has 16 heavy (non-hydrogen) atoms. The molecule has 2 N–H and O–H groups in total. The van der Waals surface area contributed by atoms with E-state index in [1.54, 1.807) is 0 Å². The van der Waals surface area contributed by atoms with Gasteiger partial charge in [0.05, 0.1) is 0 Å². The summed E-state index contributed by atoms with van der Waals surface area (Å²) in [5.74, 6) is 2.19. The molecule has 0 radical (unpaired) electrons. The summed E-state index contributed by atoms with van der Waals surface area (Å²) in [5.41, 5.74) is 6.01. The average Bonchev–Trinajstić information content (AvgIpc) is 2.98. The number of likely N-dealkylation sites (tertiary alicyclic amines) is 1. The van der Waals surface area contributed by atoms with Crippen molar-refractivity contribution in [2.75, 3.05) is 13.1 Å². The summed E-state index contributed by atoms with van der Waals surface area (Å²) in [6, 6.07) is 0.111. The molecule has 0 bridgehead atoms. The van der Waals surface area contributed by atoms with Gasteiger partial charge in [0.2, 0.25) is 5.91 Å². The molecule has 1 amide bonds. The Balaban J connectivity index is 1.83. The van der Waals surface area contributed by atoms with E-state index in [4.69, 9.17) is 5.73 Å². The van der Waals surface area contributed by atoms with Gasteiger partial charge in [0.15, 0.2) is 0 Å². The van der Waals surface area contributed by atoms with Crippen molar-refractivity contribution in [3.05, 3.63) is 0 Å². The number of carbonyl (C=O) groups excluding carboxylic acids is 1. The molecule has 1 saturated heterocycles. The first-order valence-electron chi connectivity index (χ1n) is 6.59. The summed E-state index contributed by atoms with van der Waals surface area (Å²) in [4.78, 5) is 14.1. The quantitative estimate of drug-likeness (QED) is 0.792. The van der Waals surface area contributed by atoms with Crippen molar-refractivity contribution in [1.82, 2.24) is 4.90 Å². The Labute approximate surface area is 98.4 Å². The van der Waals surface area contributed by atoms with Crippen LogP contribution < -0.4 is 5.73 Å². The number of piperidine rings is 1. The van der Waals surface area contributed by atoms with Crippen LogP contribution in [-0.2, 0) is 4.79 Å². The van der Waals surface area contributed by atoms with E-state index >= 15 is 0 Å². The Morgan fingerprint density at radius 2 is 1.88 bits per heavy atom. The van der Waals surface area contributed by atoms with E-state index in [0.29, 0.717) is 24.2 Å². The van der Waals surface area contributed by atoms with E-state index in [0.717, 1.165) is 13.1 Å². The normalized spacial score (nSPS) is 32.6. The van der Waals surface area contributed by atoms with Gasteiger partial charge < -0.3 is 10.6 Å². The van der Waals surface area contributed by atoms with Crippen LogP contribution >= 0.6 is 0 Å². The molecule has 1 saturated carbocycles. The third kappa shape index (κ3) is 2.97. The first kappa shape index (κ1) is 11.9. The van der Waals surface area contributed by atoms with Gasteiger partial charge in [-0.1, -0.05) is 13.8 Å². The highest BCUT2D eigenvalue weighted by molar-refractivity contribution is 5.77. The Bertz CT molecular complexity index is 253. The fraction of sp³-hybridized carbons (Fsp3) is 0.923. The highest BCUT2D eigenvalue weighted by Gasteiger charge is 2.32. The Morgan fingerprint density at radius 1 is 1.31 bits per heavy atom. The molecule has 3 atom stereocenters. The van der Waals surface area contributed by atoms with E-state index in [9.17, 15) is 4.79 Å². The minimum Gasteiger partial charge on any atom is -0.342 e. The van der Waals surface area contributed by atoms with Gasteiger partial charge in [-0.05, 0) is 37.0 Å². The highest BCUT2D eigenvalue weighted by atomic mass is 16.2. The zero-order valence-electron chi connectivity index (χ0n) is 10.5. The van der Waals surface area contributed by atoms with Gasteiger partial charge in [0.1, 0.15) is 0 Å². The zero-order valence-corrected chi connectivity index (χ0v) is 10.5. The van der Waals surface area contributed by atoms with E-state index in [1.165, 1.54) is 19.3 Å². The van der Waals surface area contributed by atoms with Crippen molar-refractivity contribution < 1.29 is 4.79 Å². The predicted molar refractivity (Wildman–Crippen MR) is 64.8 cm³/mol. The molecular formula is C13H24N2O. The lowest BCUT2D eigenvalue weighted by Crippen LogP contribution is -2.44. The molecule has 2 fully saturated rings. The Morgan fingerprint density at radius 3 is 2.38 bits per heavy atom. The van der Waals surface area contributed by atoms with Crippen molar-refractivity contribution in [2.24, 2.45) is 23.5 Å². The largest absolute Gasteiger partial charge is 0.342 e. The summed E-state index contributed by atoms with van der Waals surface area (Å²) in [5, 5.41) is 0. The van der Waals surface area contributed by atoms with Crippen molar-refractivity contribution in [3.63, 3.8) is 0 Å². The van der Waals surface area contributed by atoms with Gasteiger partial charge in [-0.25, -0.2) is 0 Å². The standard InChI is InChI=1S/C13H24N2O/c1-9-5-10(2)8-15(7-9)13(16)6-12(14)11-3-4-11/h9-12H,3-8,14H2,1-2H3. The number of nitrogens with two attached hydrogens (primary N) is 1. The maximum atomic E-state index is 12.1. The molecule has 2 rings (SSSR count). The first-order chi connectivity index (χ1) is 7.56. The van der Waals surface area contributed by atoms with Crippen LogP contribution in [0.25, 0.3) is 0 Å². The summed E-state index contributed by atoms with van der Waals surface area (Å²) >= 11 is 0. The lowest BCUT2D eigenvalue weighted by Gasteiger charge is -2.35. The SMILES string of the molecule is CC1CC(C)CN(C(=O)CC(N)C2CC2)C1. The topological polar surface area (TPSA) is 46.3 Å². The molecule has 0 spiro atoms. The van der Waals surface area contributed by atoms with Crippen molar-refractivity contribution >= 4 is 5.91 Å². The van der Waals surface area contributed by atoms with E-state index in [-0.39, 0.29) is 11.9 Å². The van der Waals surface area contributed by atoms with Crippen LogP contribution in [0.5, 0.6) is 0 Å². The lowest BCUT2D eigenvalue weighted by atomic mass is 9.91. The van der Waals surface area contributed by atoms with Gasteiger partial charge in [-0.15, -0.1) is 0 Å². The van der Waals surface area contributed by atoms with Crippen LogP contribution in [-0.4, -0.2) is 29.9 Å². The fourth-order valence-corrected chi connectivity index (χ4v) is 2.89. The number of nitrogens with zero attached hydrogens (tertiary/aromatic N) is 1. The monoisotopic (exact) mass is 224 g/mol. The Hall–Kier alpha value is -0.570. The lowest BCUT2D eigenvalue weighted by molar-refractivity contribution is -0.134. The molecule has 1 aliphatic carbocycles. The van der Waals surface area contributed by atoms with Gasteiger partial charge in [0.25, 0.3) is 0 Å². The highest BCUT2D eigenvalue weighted by Crippen LogP contribution is 2.33. The molecule has 3 nitrogen and oxygen atoms in total. The molecule has 3 unspecified atom stereocenters. The van der Waals surface area contributed by atoms with Gasteiger partial charge >= 0.3 is 0 Å². The molecule has 0 aromatic rings. The van der Waals surface area contributed by atoms with Crippen molar-refractivity contribution in [1.29, 1.82) is 0 Å². The minimum atomic E-state index is 0.111. The maximum Gasteiger partial charge on any atom is 0.224 e. The number of hydrogen-bond acceptors (Lipinski definition) is 2. The smallest absolute Gasteiger partial charge is 0.224 e. The second-order valence-electron chi connectivity index (χ2n) is 5.95.